The van der Waals surface area contributed by atoms with Crippen LogP contribution in [0.2, 0.25) is 0 Å². The average Bonchev–Trinajstić information content (AvgIpc) is 3.20. The van der Waals surface area contributed by atoms with Crippen LogP contribution in [-0.2, 0) is 11.2 Å². The Morgan fingerprint density at radius 1 is 1.11 bits per heavy atom. The molecule has 2 heterocycles. The van der Waals surface area contributed by atoms with Gasteiger partial charge in [-0.15, -0.1) is 0 Å². The van der Waals surface area contributed by atoms with Crippen LogP contribution in [0.3, 0.4) is 0 Å². The SMILES string of the molecule is O=C(CCc1nc2ccccc2[nH]c1=O)NCC1CNNC1c1ccccc1. The Hall–Kier alpha value is -3.03. The maximum Gasteiger partial charge on any atom is 0.270 e. The van der Waals surface area contributed by atoms with Crippen molar-refractivity contribution < 1.29 is 4.79 Å². The van der Waals surface area contributed by atoms with Crippen LogP contribution in [-0.4, -0.2) is 29.0 Å². The lowest BCUT2D eigenvalue weighted by Gasteiger charge is -2.19. The summed E-state index contributed by atoms with van der Waals surface area (Å²) in [6, 6.07) is 17.7. The minimum atomic E-state index is -0.236. The molecule has 7 nitrogen and oxygen atoms in total. The van der Waals surface area contributed by atoms with Crippen molar-refractivity contribution >= 4 is 16.9 Å². The summed E-state index contributed by atoms with van der Waals surface area (Å²) in [6.45, 7) is 1.35. The van der Waals surface area contributed by atoms with Gasteiger partial charge in [-0.3, -0.25) is 15.0 Å². The molecule has 0 saturated carbocycles. The third kappa shape index (κ3) is 4.11. The smallest absolute Gasteiger partial charge is 0.270 e. The Morgan fingerprint density at radius 2 is 1.89 bits per heavy atom. The van der Waals surface area contributed by atoms with Crippen molar-refractivity contribution in [1.29, 1.82) is 0 Å². The molecular formula is C21H23N5O2. The van der Waals surface area contributed by atoms with Crippen LogP contribution >= 0.6 is 0 Å². The molecular weight excluding hydrogens is 354 g/mol. The molecule has 7 heteroatoms. The van der Waals surface area contributed by atoms with Crippen molar-refractivity contribution in [3.8, 4) is 0 Å². The topological polar surface area (TPSA) is 98.9 Å². The second-order valence-corrected chi connectivity index (χ2v) is 7.01. The molecule has 1 fully saturated rings. The molecule has 1 amide bonds. The van der Waals surface area contributed by atoms with Gasteiger partial charge in [-0.1, -0.05) is 42.5 Å². The summed E-state index contributed by atoms with van der Waals surface area (Å²) < 4.78 is 0. The fraction of sp³-hybridized carbons (Fsp3) is 0.286. The van der Waals surface area contributed by atoms with Gasteiger partial charge in [0.15, 0.2) is 0 Å². The number of aryl methyl sites for hydroxylation is 1. The average molecular weight is 377 g/mol. The van der Waals surface area contributed by atoms with Gasteiger partial charge in [0.25, 0.3) is 5.56 Å². The van der Waals surface area contributed by atoms with Crippen molar-refractivity contribution in [3.05, 3.63) is 76.2 Å². The van der Waals surface area contributed by atoms with Crippen molar-refractivity contribution in [2.24, 2.45) is 5.92 Å². The van der Waals surface area contributed by atoms with E-state index in [1.807, 2.05) is 42.5 Å². The molecule has 0 bridgehead atoms. The number of benzene rings is 2. The van der Waals surface area contributed by atoms with Gasteiger partial charge in [-0.05, 0) is 17.7 Å². The highest BCUT2D eigenvalue weighted by Crippen LogP contribution is 2.23. The predicted molar refractivity (Wildman–Crippen MR) is 108 cm³/mol. The summed E-state index contributed by atoms with van der Waals surface area (Å²) in [5.74, 6) is 0.182. The van der Waals surface area contributed by atoms with Gasteiger partial charge in [-0.25, -0.2) is 10.4 Å². The lowest BCUT2D eigenvalue weighted by Crippen LogP contribution is -2.33. The molecule has 4 rings (SSSR count). The first-order valence-corrected chi connectivity index (χ1v) is 9.48. The van der Waals surface area contributed by atoms with Gasteiger partial charge in [0.2, 0.25) is 5.91 Å². The van der Waals surface area contributed by atoms with Gasteiger partial charge >= 0.3 is 0 Å². The van der Waals surface area contributed by atoms with E-state index in [0.29, 0.717) is 24.2 Å². The van der Waals surface area contributed by atoms with Gasteiger partial charge in [0.05, 0.1) is 17.1 Å². The quantitative estimate of drug-likeness (QED) is 0.521. The maximum atomic E-state index is 12.3. The van der Waals surface area contributed by atoms with Crippen LogP contribution in [0.1, 0.15) is 23.7 Å². The molecule has 0 radical (unpaired) electrons. The van der Waals surface area contributed by atoms with Gasteiger partial charge in [-0.2, -0.15) is 0 Å². The monoisotopic (exact) mass is 377 g/mol. The van der Waals surface area contributed by atoms with Crippen LogP contribution in [0.5, 0.6) is 0 Å². The number of carbonyl (C=O) groups excluding carboxylic acids is 1. The second kappa shape index (κ2) is 8.33. The molecule has 3 aromatic rings. The van der Waals surface area contributed by atoms with E-state index in [4.69, 9.17) is 0 Å². The zero-order valence-electron chi connectivity index (χ0n) is 15.4. The number of aromatic amines is 1. The van der Waals surface area contributed by atoms with Gasteiger partial charge < -0.3 is 10.3 Å². The highest BCUT2D eigenvalue weighted by molar-refractivity contribution is 5.76. The number of rotatable bonds is 6. The molecule has 0 aliphatic carbocycles. The first-order chi connectivity index (χ1) is 13.7. The van der Waals surface area contributed by atoms with E-state index < -0.39 is 0 Å². The van der Waals surface area contributed by atoms with Crippen molar-refractivity contribution in [2.75, 3.05) is 13.1 Å². The number of amides is 1. The molecule has 1 aliphatic rings. The number of carbonyl (C=O) groups is 1. The van der Waals surface area contributed by atoms with Gasteiger partial charge in [0.1, 0.15) is 5.69 Å². The summed E-state index contributed by atoms with van der Waals surface area (Å²) in [5.41, 5.74) is 9.22. The predicted octanol–water partition coefficient (Wildman–Crippen LogP) is 1.44. The van der Waals surface area contributed by atoms with Crippen molar-refractivity contribution in [1.82, 2.24) is 26.1 Å². The number of H-pyrrole nitrogens is 1. The molecule has 2 unspecified atom stereocenters. The minimum Gasteiger partial charge on any atom is -0.356 e. The molecule has 2 aromatic carbocycles. The minimum absolute atomic E-state index is 0.0759. The highest BCUT2D eigenvalue weighted by Gasteiger charge is 2.28. The number of para-hydroxylation sites is 2. The Bertz CT molecular complexity index is 1020. The van der Waals surface area contributed by atoms with Crippen LogP contribution in [0.4, 0.5) is 0 Å². The van der Waals surface area contributed by atoms with E-state index in [-0.39, 0.29) is 29.8 Å². The van der Waals surface area contributed by atoms with Crippen LogP contribution in [0, 0.1) is 5.92 Å². The third-order valence-corrected chi connectivity index (χ3v) is 5.07. The number of fused-ring (bicyclic) bond motifs is 1. The molecule has 0 spiro atoms. The number of nitrogens with zero attached hydrogens (tertiary/aromatic N) is 1. The Morgan fingerprint density at radius 3 is 2.75 bits per heavy atom. The standard InChI is InChI=1S/C21H23N5O2/c27-19(11-10-18-21(28)25-17-9-5-4-8-16(17)24-18)22-12-15-13-23-26-20(15)14-6-2-1-3-7-14/h1-9,15,20,23,26H,10-13H2,(H,22,27)(H,25,28). The summed E-state index contributed by atoms with van der Waals surface area (Å²) in [4.78, 5) is 31.7. The van der Waals surface area contributed by atoms with E-state index in [2.05, 4.69) is 38.3 Å². The van der Waals surface area contributed by atoms with E-state index in [9.17, 15) is 9.59 Å². The lowest BCUT2D eigenvalue weighted by molar-refractivity contribution is -0.121. The number of aromatic nitrogens is 2. The molecule has 2 atom stereocenters. The Kier molecular flexibility index (Phi) is 5.45. The molecule has 1 saturated heterocycles. The van der Waals surface area contributed by atoms with Crippen LogP contribution < -0.4 is 21.7 Å². The summed E-state index contributed by atoms with van der Waals surface area (Å²) >= 11 is 0. The normalized spacial score (nSPS) is 19.0. The molecule has 4 N–H and O–H groups in total. The zero-order valence-corrected chi connectivity index (χ0v) is 15.4. The summed E-state index contributed by atoms with van der Waals surface area (Å²) in [7, 11) is 0. The van der Waals surface area contributed by atoms with Crippen LogP contribution in [0.15, 0.2) is 59.4 Å². The summed E-state index contributed by atoms with van der Waals surface area (Å²) in [5, 5.41) is 2.99. The number of nitrogens with one attached hydrogen (secondary N) is 4. The first kappa shape index (κ1) is 18.3. The Balaban J connectivity index is 1.33. The van der Waals surface area contributed by atoms with Crippen molar-refractivity contribution in [2.45, 2.75) is 18.9 Å². The van der Waals surface area contributed by atoms with Crippen molar-refractivity contribution in [3.63, 3.8) is 0 Å². The number of hydrogen-bond donors (Lipinski definition) is 4. The third-order valence-electron chi connectivity index (χ3n) is 5.07. The zero-order chi connectivity index (χ0) is 19.3. The largest absolute Gasteiger partial charge is 0.356 e. The van der Waals surface area contributed by atoms with E-state index in [1.54, 1.807) is 0 Å². The summed E-state index contributed by atoms with van der Waals surface area (Å²) in [6.07, 6.45) is 0.549. The number of hydrazine groups is 1. The second-order valence-electron chi connectivity index (χ2n) is 7.01. The molecule has 28 heavy (non-hydrogen) atoms. The fourth-order valence-electron chi connectivity index (χ4n) is 3.54. The van der Waals surface area contributed by atoms with Crippen LogP contribution in [0.25, 0.3) is 11.0 Å². The first-order valence-electron chi connectivity index (χ1n) is 9.48. The number of hydrogen-bond acceptors (Lipinski definition) is 5. The highest BCUT2D eigenvalue weighted by atomic mass is 16.1. The van der Waals surface area contributed by atoms with Gasteiger partial charge in [0, 0.05) is 31.8 Å². The van der Waals surface area contributed by atoms with E-state index in [1.165, 1.54) is 5.56 Å². The Labute approximate surface area is 162 Å². The molecule has 1 aromatic heterocycles. The lowest BCUT2D eigenvalue weighted by atomic mass is 9.95. The fourth-order valence-corrected chi connectivity index (χ4v) is 3.54. The molecule has 1 aliphatic heterocycles. The van der Waals surface area contributed by atoms with E-state index >= 15 is 0 Å². The van der Waals surface area contributed by atoms with E-state index in [0.717, 1.165) is 12.1 Å². The maximum absolute atomic E-state index is 12.3. The molecule has 144 valence electrons.